The molecule has 1 aliphatic carbocycles. The number of benzene rings is 1. The Morgan fingerprint density at radius 2 is 2.00 bits per heavy atom. The summed E-state index contributed by atoms with van der Waals surface area (Å²) in [6.45, 7) is 1.78. The minimum Gasteiger partial charge on any atom is -0.399 e. The number of nitrogens with zero attached hydrogens (tertiary/aromatic N) is 4. The second-order valence-corrected chi connectivity index (χ2v) is 5.02. The maximum Gasteiger partial charge on any atom is 0.413 e. The standard InChI is InChI=1S/C12H12F3N5/c1-7-2-3-8(16)6-9(7)10-17-18-19-20(10)11(4-5-11)12(13,14)15/h2-3,6H,4-5,16H2,1H3. The van der Waals surface area contributed by atoms with Gasteiger partial charge < -0.3 is 5.73 Å². The molecule has 1 heterocycles. The summed E-state index contributed by atoms with van der Waals surface area (Å²) in [6, 6.07) is 5.00. The number of nitrogens with two attached hydrogens (primary N) is 1. The van der Waals surface area contributed by atoms with Gasteiger partial charge in [0.25, 0.3) is 0 Å². The van der Waals surface area contributed by atoms with E-state index in [2.05, 4.69) is 15.5 Å². The van der Waals surface area contributed by atoms with Gasteiger partial charge in [0.15, 0.2) is 11.4 Å². The number of tetrazole rings is 1. The third-order valence-electron chi connectivity index (χ3n) is 3.63. The number of aryl methyl sites for hydroxylation is 1. The van der Waals surface area contributed by atoms with Crippen molar-refractivity contribution in [1.82, 2.24) is 20.2 Å². The molecule has 0 saturated heterocycles. The van der Waals surface area contributed by atoms with Crippen LogP contribution >= 0.6 is 0 Å². The Kier molecular flexibility index (Phi) is 2.54. The molecule has 0 amide bonds. The van der Waals surface area contributed by atoms with Crippen LogP contribution in [0.4, 0.5) is 18.9 Å². The molecule has 0 spiro atoms. The van der Waals surface area contributed by atoms with Gasteiger partial charge in [-0.1, -0.05) is 6.07 Å². The number of hydrogen-bond acceptors (Lipinski definition) is 4. The minimum absolute atomic E-state index is 0.00406. The minimum atomic E-state index is -4.37. The quantitative estimate of drug-likeness (QED) is 0.858. The van der Waals surface area contributed by atoms with Crippen LogP contribution in [0.3, 0.4) is 0 Å². The van der Waals surface area contributed by atoms with E-state index in [1.165, 1.54) is 0 Å². The van der Waals surface area contributed by atoms with Gasteiger partial charge in [0.1, 0.15) is 0 Å². The first-order valence-corrected chi connectivity index (χ1v) is 6.07. The average Bonchev–Trinajstić information content (AvgIpc) is 3.05. The summed E-state index contributed by atoms with van der Waals surface area (Å²) in [4.78, 5) is 0. The highest BCUT2D eigenvalue weighted by atomic mass is 19.4. The number of aromatic nitrogens is 4. The van der Waals surface area contributed by atoms with Crippen LogP contribution in [0.15, 0.2) is 18.2 Å². The zero-order chi connectivity index (χ0) is 14.5. The molecule has 0 unspecified atom stereocenters. The maximum atomic E-state index is 13.2. The van der Waals surface area contributed by atoms with E-state index in [1.807, 2.05) is 0 Å². The second kappa shape index (κ2) is 3.94. The Balaban J connectivity index is 2.15. The van der Waals surface area contributed by atoms with Crippen molar-refractivity contribution in [2.24, 2.45) is 0 Å². The predicted octanol–water partition coefficient (Wildman–Crippen LogP) is 2.28. The number of halogens is 3. The molecule has 1 aromatic carbocycles. The van der Waals surface area contributed by atoms with Crippen LogP contribution in [0, 0.1) is 6.92 Å². The Morgan fingerprint density at radius 1 is 1.30 bits per heavy atom. The molecule has 20 heavy (non-hydrogen) atoms. The van der Waals surface area contributed by atoms with E-state index >= 15 is 0 Å². The molecule has 1 aromatic heterocycles. The van der Waals surface area contributed by atoms with Crippen LogP contribution < -0.4 is 5.73 Å². The molecule has 2 aromatic rings. The highest BCUT2D eigenvalue weighted by Crippen LogP contribution is 2.56. The summed E-state index contributed by atoms with van der Waals surface area (Å²) >= 11 is 0. The first-order chi connectivity index (χ1) is 9.35. The van der Waals surface area contributed by atoms with E-state index in [-0.39, 0.29) is 18.7 Å². The summed E-state index contributed by atoms with van der Waals surface area (Å²) in [5.41, 5.74) is 5.47. The predicted molar refractivity (Wildman–Crippen MR) is 65.7 cm³/mol. The first kappa shape index (κ1) is 12.9. The Hall–Kier alpha value is -2.12. The van der Waals surface area contributed by atoms with Gasteiger partial charge in [0.05, 0.1) is 0 Å². The van der Waals surface area contributed by atoms with Crippen molar-refractivity contribution in [2.45, 2.75) is 31.5 Å². The van der Waals surface area contributed by atoms with E-state index in [9.17, 15) is 13.2 Å². The van der Waals surface area contributed by atoms with Crippen molar-refractivity contribution >= 4 is 5.69 Å². The van der Waals surface area contributed by atoms with Gasteiger partial charge in [-0.3, -0.25) is 0 Å². The summed E-state index contributed by atoms with van der Waals surface area (Å²) in [7, 11) is 0. The molecule has 3 rings (SSSR count). The fourth-order valence-electron chi connectivity index (χ4n) is 2.26. The smallest absolute Gasteiger partial charge is 0.399 e. The van der Waals surface area contributed by atoms with Crippen LogP contribution in [-0.2, 0) is 5.54 Å². The summed E-state index contributed by atoms with van der Waals surface area (Å²) in [6.07, 6.45) is -4.38. The zero-order valence-corrected chi connectivity index (χ0v) is 10.6. The second-order valence-electron chi connectivity index (χ2n) is 5.02. The van der Waals surface area contributed by atoms with Crippen LogP contribution in [0.1, 0.15) is 18.4 Å². The molecule has 0 aliphatic heterocycles. The van der Waals surface area contributed by atoms with Crippen molar-refractivity contribution in [3.05, 3.63) is 23.8 Å². The fraction of sp³-hybridized carbons (Fsp3) is 0.417. The molecule has 0 radical (unpaired) electrons. The molecule has 106 valence electrons. The van der Waals surface area contributed by atoms with Crippen molar-refractivity contribution in [3.8, 4) is 11.4 Å². The number of hydrogen-bond donors (Lipinski definition) is 1. The number of anilines is 1. The van der Waals surface area contributed by atoms with Gasteiger partial charge in [-0.05, 0) is 47.9 Å². The van der Waals surface area contributed by atoms with E-state index in [0.717, 1.165) is 10.2 Å². The van der Waals surface area contributed by atoms with Gasteiger partial charge in [0, 0.05) is 11.3 Å². The van der Waals surface area contributed by atoms with Crippen LogP contribution in [0.5, 0.6) is 0 Å². The van der Waals surface area contributed by atoms with Gasteiger partial charge >= 0.3 is 6.18 Å². The van der Waals surface area contributed by atoms with E-state index in [1.54, 1.807) is 25.1 Å². The number of rotatable bonds is 2. The zero-order valence-electron chi connectivity index (χ0n) is 10.6. The largest absolute Gasteiger partial charge is 0.413 e. The molecule has 1 fully saturated rings. The Bertz CT molecular complexity index is 657. The van der Waals surface area contributed by atoms with Crippen molar-refractivity contribution in [1.29, 1.82) is 0 Å². The highest BCUT2D eigenvalue weighted by molar-refractivity contribution is 5.65. The number of nitrogen functional groups attached to an aromatic ring is 1. The molecule has 1 aliphatic rings. The molecule has 0 atom stereocenters. The van der Waals surface area contributed by atoms with Crippen LogP contribution in [0.25, 0.3) is 11.4 Å². The summed E-state index contributed by atoms with van der Waals surface area (Å²) in [5.74, 6) is 0.102. The Morgan fingerprint density at radius 3 is 2.60 bits per heavy atom. The molecule has 0 bridgehead atoms. The SMILES string of the molecule is Cc1ccc(N)cc1-c1nnnn1C1(C(F)(F)F)CC1. The molecular weight excluding hydrogens is 271 g/mol. The highest BCUT2D eigenvalue weighted by Gasteiger charge is 2.66. The maximum absolute atomic E-state index is 13.2. The lowest BCUT2D eigenvalue weighted by molar-refractivity contribution is -0.182. The van der Waals surface area contributed by atoms with E-state index < -0.39 is 11.7 Å². The normalized spacial score (nSPS) is 17.2. The molecule has 1 saturated carbocycles. The van der Waals surface area contributed by atoms with Gasteiger partial charge in [-0.25, -0.2) is 4.68 Å². The Labute approximate surface area is 112 Å². The third kappa shape index (κ3) is 1.75. The van der Waals surface area contributed by atoms with Crippen molar-refractivity contribution < 1.29 is 13.2 Å². The molecular formula is C12H12F3N5. The van der Waals surface area contributed by atoms with Crippen molar-refractivity contribution in [3.63, 3.8) is 0 Å². The van der Waals surface area contributed by atoms with E-state index in [4.69, 9.17) is 5.73 Å². The first-order valence-electron chi connectivity index (χ1n) is 6.07. The summed E-state index contributed by atoms with van der Waals surface area (Å²) in [5, 5.41) is 10.7. The van der Waals surface area contributed by atoms with Gasteiger partial charge in [-0.2, -0.15) is 13.2 Å². The lowest BCUT2D eigenvalue weighted by atomic mass is 10.1. The lowest BCUT2D eigenvalue weighted by Crippen LogP contribution is -2.36. The van der Waals surface area contributed by atoms with Crippen LogP contribution in [-0.4, -0.2) is 26.4 Å². The lowest BCUT2D eigenvalue weighted by Gasteiger charge is -2.20. The fourth-order valence-corrected chi connectivity index (χ4v) is 2.26. The molecule has 5 nitrogen and oxygen atoms in total. The topological polar surface area (TPSA) is 69.6 Å². The number of alkyl halides is 3. The van der Waals surface area contributed by atoms with Gasteiger partial charge in [-0.15, -0.1) is 5.10 Å². The molecule has 8 heteroatoms. The van der Waals surface area contributed by atoms with Gasteiger partial charge in [0.2, 0.25) is 0 Å². The average molecular weight is 283 g/mol. The monoisotopic (exact) mass is 283 g/mol. The third-order valence-corrected chi connectivity index (χ3v) is 3.63. The van der Waals surface area contributed by atoms with Crippen LogP contribution in [0.2, 0.25) is 0 Å². The van der Waals surface area contributed by atoms with E-state index in [0.29, 0.717) is 11.3 Å². The summed E-state index contributed by atoms with van der Waals surface area (Å²) < 4.78 is 40.5. The molecule has 2 N–H and O–H groups in total. The van der Waals surface area contributed by atoms with Crippen molar-refractivity contribution in [2.75, 3.05) is 5.73 Å².